The molecule has 2 nitrogen and oxygen atoms in total. The largest absolute Gasteiger partial charge is 0.387 e. The number of aromatic nitrogens is 1. The minimum Gasteiger partial charge on any atom is -0.387 e. The molecule has 2 rings (SSSR count). The van der Waals surface area contributed by atoms with Crippen LogP contribution in [0.1, 0.15) is 44.1 Å². The standard InChI is InChI=1S/C14H17NOS/c1-9(2)11-4-6-12(7-5-11)14-15-13(8-17-14)10(3)16/h4-10,16H,1-3H3. The maximum absolute atomic E-state index is 9.45. The SMILES string of the molecule is CC(C)c1ccc(-c2nc(C(C)O)cs2)cc1. The summed E-state index contributed by atoms with van der Waals surface area (Å²) in [6.07, 6.45) is -0.491. The summed E-state index contributed by atoms with van der Waals surface area (Å²) < 4.78 is 0. The second kappa shape index (κ2) is 4.98. The zero-order valence-corrected chi connectivity index (χ0v) is 11.2. The summed E-state index contributed by atoms with van der Waals surface area (Å²) in [7, 11) is 0. The molecule has 0 radical (unpaired) electrons. The summed E-state index contributed by atoms with van der Waals surface area (Å²) in [5.41, 5.74) is 3.20. The number of benzene rings is 1. The van der Waals surface area contributed by atoms with E-state index in [1.807, 2.05) is 5.38 Å². The van der Waals surface area contributed by atoms with Crippen LogP contribution in [0.3, 0.4) is 0 Å². The van der Waals surface area contributed by atoms with Crippen LogP contribution in [0.5, 0.6) is 0 Å². The molecule has 1 aromatic carbocycles. The Morgan fingerprint density at radius 3 is 2.24 bits per heavy atom. The molecule has 1 aromatic heterocycles. The summed E-state index contributed by atoms with van der Waals surface area (Å²) in [4.78, 5) is 4.42. The van der Waals surface area contributed by atoms with E-state index in [9.17, 15) is 5.11 Å². The highest BCUT2D eigenvalue weighted by atomic mass is 32.1. The van der Waals surface area contributed by atoms with Crippen LogP contribution in [-0.4, -0.2) is 10.1 Å². The topological polar surface area (TPSA) is 33.1 Å². The van der Waals surface area contributed by atoms with E-state index >= 15 is 0 Å². The first-order valence-electron chi connectivity index (χ1n) is 5.81. The summed E-state index contributed by atoms with van der Waals surface area (Å²) in [5.74, 6) is 0.549. The summed E-state index contributed by atoms with van der Waals surface area (Å²) >= 11 is 1.57. The van der Waals surface area contributed by atoms with Gasteiger partial charge in [0.25, 0.3) is 0 Å². The predicted molar refractivity (Wildman–Crippen MR) is 72.3 cm³/mol. The van der Waals surface area contributed by atoms with E-state index in [0.29, 0.717) is 5.92 Å². The number of thiazole rings is 1. The van der Waals surface area contributed by atoms with Crippen LogP contribution in [0, 0.1) is 0 Å². The van der Waals surface area contributed by atoms with Gasteiger partial charge in [0, 0.05) is 10.9 Å². The Balaban J connectivity index is 2.27. The average Bonchev–Trinajstić information content (AvgIpc) is 2.78. The van der Waals surface area contributed by atoms with Gasteiger partial charge in [0.2, 0.25) is 0 Å². The molecule has 0 fully saturated rings. The molecule has 0 aliphatic carbocycles. The Bertz CT molecular complexity index is 485. The van der Waals surface area contributed by atoms with Gasteiger partial charge in [-0.2, -0.15) is 0 Å². The van der Waals surface area contributed by atoms with Crippen molar-refractivity contribution in [3.63, 3.8) is 0 Å². The summed E-state index contributed by atoms with van der Waals surface area (Å²) in [6.45, 7) is 6.11. The average molecular weight is 247 g/mol. The molecule has 1 N–H and O–H groups in total. The second-order valence-electron chi connectivity index (χ2n) is 4.53. The van der Waals surface area contributed by atoms with Gasteiger partial charge in [0.1, 0.15) is 5.01 Å². The van der Waals surface area contributed by atoms with Gasteiger partial charge in [-0.1, -0.05) is 38.1 Å². The molecule has 0 saturated carbocycles. The van der Waals surface area contributed by atoms with E-state index in [0.717, 1.165) is 16.3 Å². The third-order valence-corrected chi connectivity index (χ3v) is 3.68. The van der Waals surface area contributed by atoms with E-state index in [2.05, 4.69) is 43.1 Å². The van der Waals surface area contributed by atoms with Gasteiger partial charge in [-0.15, -0.1) is 11.3 Å². The van der Waals surface area contributed by atoms with Crippen LogP contribution in [0.25, 0.3) is 10.6 Å². The van der Waals surface area contributed by atoms with Gasteiger partial charge in [0.15, 0.2) is 0 Å². The molecule has 90 valence electrons. The van der Waals surface area contributed by atoms with Crippen molar-refractivity contribution in [1.82, 2.24) is 4.98 Å². The van der Waals surface area contributed by atoms with Crippen LogP contribution in [0.2, 0.25) is 0 Å². The van der Waals surface area contributed by atoms with Gasteiger partial charge in [-0.05, 0) is 18.4 Å². The van der Waals surface area contributed by atoms with Gasteiger partial charge < -0.3 is 5.11 Å². The lowest BCUT2D eigenvalue weighted by Crippen LogP contribution is -1.90. The zero-order chi connectivity index (χ0) is 12.4. The summed E-state index contributed by atoms with van der Waals surface area (Å²) in [6, 6.07) is 8.48. The maximum Gasteiger partial charge on any atom is 0.123 e. The third-order valence-electron chi connectivity index (χ3n) is 2.77. The smallest absolute Gasteiger partial charge is 0.123 e. The fourth-order valence-corrected chi connectivity index (χ4v) is 2.53. The molecule has 0 amide bonds. The number of nitrogens with zero attached hydrogens (tertiary/aromatic N) is 1. The minimum absolute atomic E-state index is 0.491. The molecule has 1 atom stereocenters. The first kappa shape index (κ1) is 12.3. The normalized spacial score (nSPS) is 13.0. The molecule has 1 unspecified atom stereocenters. The van der Waals surface area contributed by atoms with Gasteiger partial charge in [0.05, 0.1) is 11.8 Å². The van der Waals surface area contributed by atoms with E-state index < -0.39 is 6.10 Å². The summed E-state index contributed by atoms with van der Waals surface area (Å²) in [5, 5.41) is 12.3. The highest BCUT2D eigenvalue weighted by molar-refractivity contribution is 7.13. The van der Waals surface area contributed by atoms with Crippen molar-refractivity contribution in [2.24, 2.45) is 0 Å². The van der Waals surface area contributed by atoms with E-state index in [-0.39, 0.29) is 0 Å². The third kappa shape index (κ3) is 2.73. The fourth-order valence-electron chi connectivity index (χ4n) is 1.62. The molecular formula is C14H17NOS. The zero-order valence-electron chi connectivity index (χ0n) is 10.3. The van der Waals surface area contributed by atoms with Gasteiger partial charge in [-0.25, -0.2) is 4.98 Å². The van der Waals surface area contributed by atoms with Crippen molar-refractivity contribution in [2.75, 3.05) is 0 Å². The van der Waals surface area contributed by atoms with Gasteiger partial charge >= 0.3 is 0 Å². The first-order chi connectivity index (χ1) is 8.08. The van der Waals surface area contributed by atoms with Crippen molar-refractivity contribution in [3.05, 3.63) is 40.9 Å². The molecule has 0 aliphatic heterocycles. The predicted octanol–water partition coefficient (Wildman–Crippen LogP) is 3.99. The Labute approximate surface area is 106 Å². The Kier molecular flexibility index (Phi) is 3.60. The van der Waals surface area contributed by atoms with E-state index in [4.69, 9.17) is 0 Å². The van der Waals surface area contributed by atoms with Crippen molar-refractivity contribution < 1.29 is 5.11 Å². The maximum atomic E-state index is 9.45. The molecule has 0 saturated heterocycles. The van der Waals surface area contributed by atoms with E-state index in [1.54, 1.807) is 18.3 Å². The Morgan fingerprint density at radius 2 is 1.76 bits per heavy atom. The number of aliphatic hydroxyl groups excluding tert-OH is 1. The number of hydrogen-bond donors (Lipinski definition) is 1. The lowest BCUT2D eigenvalue weighted by atomic mass is 10.0. The fraction of sp³-hybridized carbons (Fsp3) is 0.357. The number of hydrogen-bond acceptors (Lipinski definition) is 3. The highest BCUT2D eigenvalue weighted by Crippen LogP contribution is 2.27. The molecule has 3 heteroatoms. The molecule has 17 heavy (non-hydrogen) atoms. The van der Waals surface area contributed by atoms with E-state index in [1.165, 1.54) is 5.56 Å². The molecule has 0 spiro atoms. The minimum atomic E-state index is -0.491. The van der Waals surface area contributed by atoms with Crippen molar-refractivity contribution in [3.8, 4) is 10.6 Å². The lowest BCUT2D eigenvalue weighted by Gasteiger charge is -2.05. The molecule has 2 aromatic rings. The van der Waals surface area contributed by atoms with Crippen LogP contribution < -0.4 is 0 Å². The van der Waals surface area contributed by atoms with Gasteiger partial charge in [-0.3, -0.25) is 0 Å². The van der Waals surface area contributed by atoms with Crippen LogP contribution in [-0.2, 0) is 0 Å². The van der Waals surface area contributed by atoms with Crippen molar-refractivity contribution in [1.29, 1.82) is 0 Å². The van der Waals surface area contributed by atoms with Crippen LogP contribution >= 0.6 is 11.3 Å². The Hall–Kier alpha value is -1.19. The molecular weight excluding hydrogens is 230 g/mol. The quantitative estimate of drug-likeness (QED) is 0.889. The van der Waals surface area contributed by atoms with Crippen LogP contribution in [0.4, 0.5) is 0 Å². The number of aliphatic hydroxyl groups is 1. The molecule has 1 heterocycles. The molecule has 0 aliphatic rings. The Morgan fingerprint density at radius 1 is 1.12 bits per heavy atom. The highest BCUT2D eigenvalue weighted by Gasteiger charge is 2.08. The van der Waals surface area contributed by atoms with Crippen molar-refractivity contribution in [2.45, 2.75) is 32.8 Å². The second-order valence-corrected chi connectivity index (χ2v) is 5.39. The lowest BCUT2D eigenvalue weighted by molar-refractivity contribution is 0.195. The van der Waals surface area contributed by atoms with Crippen molar-refractivity contribution >= 4 is 11.3 Å². The van der Waals surface area contributed by atoms with Crippen LogP contribution in [0.15, 0.2) is 29.6 Å². The molecule has 0 bridgehead atoms. The number of rotatable bonds is 3. The first-order valence-corrected chi connectivity index (χ1v) is 6.69. The monoisotopic (exact) mass is 247 g/mol.